The fourth-order valence-electron chi connectivity index (χ4n) is 3.39. The lowest BCUT2D eigenvalue weighted by atomic mass is 9.59. The molecule has 1 aromatic heterocycles. The van der Waals surface area contributed by atoms with Gasteiger partial charge in [-0.1, -0.05) is 35.2 Å². The molecule has 0 aliphatic rings. The van der Waals surface area contributed by atoms with Crippen LogP contribution in [0.2, 0.25) is 0 Å². The predicted octanol–water partition coefficient (Wildman–Crippen LogP) is -0.550. The lowest BCUT2D eigenvalue weighted by molar-refractivity contribution is -0.0499. The van der Waals surface area contributed by atoms with Gasteiger partial charge in [-0.05, 0) is 17.7 Å². The van der Waals surface area contributed by atoms with Crippen molar-refractivity contribution in [1.29, 1.82) is 0 Å². The Morgan fingerprint density at radius 2 is 1.38 bits per heavy atom. The number of hydrogen-bond donors (Lipinski definition) is 0. The number of para-hydroxylation sites is 1. The van der Waals surface area contributed by atoms with Crippen LogP contribution in [0.15, 0.2) is 40.8 Å². The Morgan fingerprint density at radius 1 is 0.812 bits per heavy atom. The number of hydrogen-bond acceptors (Lipinski definition) is 4. The monoisotopic (exact) mass is 442 g/mol. The van der Waals surface area contributed by atoms with Crippen molar-refractivity contribution in [3.8, 4) is 16.9 Å². The van der Waals surface area contributed by atoms with Crippen LogP contribution in [0.5, 0.6) is 5.75 Å². The Morgan fingerprint density at radius 3 is 1.97 bits per heavy atom. The molecule has 0 saturated carbocycles. The number of benzene rings is 3. The molecule has 13 heteroatoms. The van der Waals surface area contributed by atoms with Crippen molar-refractivity contribution in [2.45, 2.75) is 5.51 Å². The molecule has 148 valence electrons. The van der Waals surface area contributed by atoms with Gasteiger partial charge in [0.25, 0.3) is 0 Å². The van der Waals surface area contributed by atoms with Gasteiger partial charge in [0.2, 0.25) is 0 Å². The van der Waals surface area contributed by atoms with E-state index in [9.17, 15) is 21.6 Å². The van der Waals surface area contributed by atoms with Gasteiger partial charge in [-0.15, -0.1) is 16.4 Å². The van der Waals surface area contributed by atoms with Crippen LogP contribution in [0.1, 0.15) is 0 Å². The average Bonchev–Trinajstić information content (AvgIpc) is 3.10. The second-order valence-electron chi connectivity index (χ2n) is 6.84. The zero-order valence-electron chi connectivity index (χ0n) is 16.0. The van der Waals surface area contributed by atoms with Crippen molar-refractivity contribution in [3.63, 3.8) is 0 Å². The van der Waals surface area contributed by atoms with E-state index in [1.165, 1.54) is 18.2 Å². The lowest BCUT2D eigenvalue weighted by Crippen LogP contribution is -2.55. The molecule has 0 bridgehead atoms. The highest BCUT2D eigenvalue weighted by molar-refractivity contribution is 7.88. The molecular formula is C19H6B5F3O4S. The van der Waals surface area contributed by atoms with E-state index < -0.39 is 21.4 Å². The van der Waals surface area contributed by atoms with Crippen LogP contribution in [-0.4, -0.2) is 53.2 Å². The highest BCUT2D eigenvalue weighted by atomic mass is 32.2. The van der Waals surface area contributed by atoms with Crippen LogP contribution in [0.3, 0.4) is 0 Å². The molecule has 0 aliphatic carbocycles. The third kappa shape index (κ3) is 3.34. The number of alkyl halides is 3. The predicted molar refractivity (Wildman–Crippen MR) is 122 cm³/mol. The number of furan rings is 1. The molecule has 1 heterocycles. The van der Waals surface area contributed by atoms with Crippen molar-refractivity contribution >= 4 is 98.6 Å². The Balaban J connectivity index is 2.04. The third-order valence-corrected chi connectivity index (χ3v) is 5.90. The molecule has 0 unspecified atom stereocenters. The van der Waals surface area contributed by atoms with E-state index in [2.05, 4.69) is 4.18 Å². The first-order valence-corrected chi connectivity index (χ1v) is 10.2. The molecule has 4 nitrogen and oxygen atoms in total. The topological polar surface area (TPSA) is 56.5 Å². The first-order chi connectivity index (χ1) is 14.8. The molecule has 32 heavy (non-hydrogen) atoms. The van der Waals surface area contributed by atoms with Crippen LogP contribution < -0.4 is 31.5 Å². The maximum absolute atomic E-state index is 12.8. The van der Waals surface area contributed by atoms with Gasteiger partial charge in [0.1, 0.15) is 50.4 Å². The molecule has 3 aromatic carbocycles. The van der Waals surface area contributed by atoms with Gasteiger partial charge in [0, 0.05) is 10.9 Å². The molecule has 0 saturated heterocycles. The minimum absolute atomic E-state index is 0.0000992. The summed E-state index contributed by atoms with van der Waals surface area (Å²) >= 11 is 0. The highest BCUT2D eigenvalue weighted by Crippen LogP contribution is 2.40. The van der Waals surface area contributed by atoms with Crippen LogP contribution in [0.4, 0.5) is 13.2 Å². The fourth-order valence-corrected chi connectivity index (χ4v) is 3.86. The van der Waals surface area contributed by atoms with Gasteiger partial charge >= 0.3 is 15.6 Å². The zero-order valence-corrected chi connectivity index (χ0v) is 16.8. The van der Waals surface area contributed by atoms with E-state index in [1.807, 2.05) is 0 Å². The molecule has 0 atom stereocenters. The highest BCUT2D eigenvalue weighted by Gasteiger charge is 2.48. The molecule has 0 spiro atoms. The van der Waals surface area contributed by atoms with E-state index in [0.717, 1.165) is 6.07 Å². The Labute approximate surface area is 187 Å². The van der Waals surface area contributed by atoms with Gasteiger partial charge in [0.15, 0.2) is 5.75 Å². The standard InChI is InChI=1S/C19H6B5F3O4S/c20-13-12(14(21)16(23)17(24)15(13)22)8-4-1-3-7-11-9(30-18(7)8)5-2-6-10(11)31-32(28,29)19(25,26)27/h1-6H. The Hall–Kier alpha value is -2.68. The van der Waals surface area contributed by atoms with E-state index in [-0.39, 0.29) is 54.8 Å². The Kier molecular flexibility index (Phi) is 5.23. The molecule has 10 radical (unpaired) electrons. The van der Waals surface area contributed by atoms with Gasteiger partial charge in [-0.3, -0.25) is 0 Å². The van der Waals surface area contributed by atoms with Crippen molar-refractivity contribution in [3.05, 3.63) is 36.4 Å². The summed E-state index contributed by atoms with van der Waals surface area (Å²) < 4.78 is 71.8. The van der Waals surface area contributed by atoms with Crippen LogP contribution >= 0.6 is 0 Å². The van der Waals surface area contributed by atoms with Crippen LogP contribution in [-0.2, 0) is 10.1 Å². The van der Waals surface area contributed by atoms with E-state index in [1.54, 1.807) is 12.1 Å². The van der Waals surface area contributed by atoms with E-state index in [4.69, 9.17) is 43.6 Å². The van der Waals surface area contributed by atoms with Gasteiger partial charge in [-0.25, -0.2) is 0 Å². The minimum atomic E-state index is -5.91. The molecule has 0 fully saturated rings. The third-order valence-electron chi connectivity index (χ3n) is 4.94. The van der Waals surface area contributed by atoms with Gasteiger partial charge < -0.3 is 8.60 Å². The molecule has 0 amide bonds. The molecule has 4 rings (SSSR count). The summed E-state index contributed by atoms with van der Waals surface area (Å²) in [5.74, 6) is -0.562. The van der Waals surface area contributed by atoms with E-state index in [0.29, 0.717) is 5.56 Å². The Bertz CT molecular complexity index is 1480. The van der Waals surface area contributed by atoms with E-state index >= 15 is 0 Å². The van der Waals surface area contributed by atoms with Gasteiger partial charge in [0.05, 0.1) is 5.39 Å². The normalized spacial score (nSPS) is 12.5. The zero-order chi connectivity index (χ0) is 23.6. The second-order valence-corrected chi connectivity index (χ2v) is 8.38. The van der Waals surface area contributed by atoms with Crippen molar-refractivity contribution in [1.82, 2.24) is 0 Å². The molecule has 0 N–H and O–H groups in total. The smallest absolute Gasteiger partial charge is 0.455 e. The maximum atomic E-state index is 12.8. The first kappa shape index (κ1) is 22.5. The van der Waals surface area contributed by atoms with Gasteiger partial charge in [-0.2, -0.15) is 21.6 Å². The van der Waals surface area contributed by atoms with Crippen LogP contribution in [0, 0.1) is 0 Å². The van der Waals surface area contributed by atoms with Crippen LogP contribution in [0.25, 0.3) is 33.1 Å². The van der Waals surface area contributed by atoms with Crippen molar-refractivity contribution in [2.24, 2.45) is 0 Å². The van der Waals surface area contributed by atoms with Crippen molar-refractivity contribution < 1.29 is 30.2 Å². The number of rotatable bonds is 3. The number of fused-ring (bicyclic) bond motifs is 3. The molecule has 4 aromatic rings. The summed E-state index contributed by atoms with van der Waals surface area (Å²) in [7, 11) is 24.0. The SMILES string of the molecule is [B]c1c([B])c([B])c(-c2cccc3c2oc2cccc(OS(=O)(=O)C(F)(F)F)c23)c([B])c1[B]. The minimum Gasteiger partial charge on any atom is -0.455 e. The quantitative estimate of drug-likeness (QED) is 0.243. The average molecular weight is 441 g/mol. The molecule has 0 aliphatic heterocycles. The largest absolute Gasteiger partial charge is 0.534 e. The maximum Gasteiger partial charge on any atom is 0.534 e. The number of halogens is 3. The summed E-state index contributed by atoms with van der Waals surface area (Å²) in [5.41, 5.74) is -4.81. The van der Waals surface area contributed by atoms with Crippen molar-refractivity contribution in [2.75, 3.05) is 0 Å². The summed E-state index contributed by atoms with van der Waals surface area (Å²) in [4.78, 5) is 0. The summed E-state index contributed by atoms with van der Waals surface area (Å²) in [6.45, 7) is 0. The molecular weight excluding hydrogens is 435 g/mol. The lowest BCUT2D eigenvalue weighted by Gasteiger charge is -2.21. The second kappa shape index (κ2) is 7.44. The summed E-state index contributed by atoms with van der Waals surface area (Å²) in [5, 5.41) is 0.254. The first-order valence-electron chi connectivity index (χ1n) is 8.81. The summed E-state index contributed by atoms with van der Waals surface area (Å²) in [6.07, 6.45) is 0. The summed E-state index contributed by atoms with van der Waals surface area (Å²) in [6, 6.07) is 8.43. The fraction of sp³-hybridized carbons (Fsp3) is 0.0526.